The Morgan fingerprint density at radius 2 is 0.872 bits per heavy atom. The van der Waals surface area contributed by atoms with E-state index >= 15 is 0 Å². The van der Waals surface area contributed by atoms with E-state index < -0.39 is 0 Å². The molecule has 39 heavy (non-hydrogen) atoms. The molecule has 0 saturated carbocycles. The normalized spacial score (nSPS) is 11.1. The van der Waals surface area contributed by atoms with Gasteiger partial charge in [0.15, 0.2) is 0 Å². The van der Waals surface area contributed by atoms with Crippen molar-refractivity contribution in [3.05, 3.63) is 164 Å². The SMILES string of the molecule is c1ccc(N(c2cccc(-c3cccc(-c4cccc5ccccc45)c3)c2)c2cccc3ccccc23)cc1. The second kappa shape index (κ2) is 9.96. The van der Waals surface area contributed by atoms with Crippen LogP contribution in [0.3, 0.4) is 0 Å². The molecule has 1 heteroatoms. The molecule has 0 bridgehead atoms. The van der Waals surface area contributed by atoms with Crippen LogP contribution in [0.5, 0.6) is 0 Å². The van der Waals surface area contributed by atoms with Gasteiger partial charge < -0.3 is 4.90 Å². The molecule has 0 aliphatic carbocycles. The highest BCUT2D eigenvalue weighted by Gasteiger charge is 2.16. The topological polar surface area (TPSA) is 3.24 Å². The van der Waals surface area contributed by atoms with Gasteiger partial charge in [-0.1, -0.05) is 127 Å². The second-order valence-corrected chi connectivity index (χ2v) is 9.83. The number of rotatable bonds is 5. The van der Waals surface area contributed by atoms with Crippen LogP contribution >= 0.6 is 0 Å². The van der Waals surface area contributed by atoms with Gasteiger partial charge in [0.05, 0.1) is 5.69 Å². The van der Waals surface area contributed by atoms with Crippen molar-refractivity contribution in [3.63, 3.8) is 0 Å². The van der Waals surface area contributed by atoms with Gasteiger partial charge in [-0.2, -0.15) is 0 Å². The van der Waals surface area contributed by atoms with Crippen molar-refractivity contribution in [1.82, 2.24) is 0 Å². The van der Waals surface area contributed by atoms with Gasteiger partial charge in [0, 0.05) is 16.8 Å². The minimum atomic E-state index is 1.13. The highest BCUT2D eigenvalue weighted by atomic mass is 15.1. The van der Waals surface area contributed by atoms with E-state index in [0.717, 1.165) is 11.4 Å². The van der Waals surface area contributed by atoms with E-state index in [1.54, 1.807) is 0 Å². The number of hydrogen-bond donors (Lipinski definition) is 0. The first-order valence-corrected chi connectivity index (χ1v) is 13.4. The van der Waals surface area contributed by atoms with Crippen LogP contribution in [0.15, 0.2) is 164 Å². The Kier molecular flexibility index (Phi) is 5.88. The third-order valence-corrected chi connectivity index (χ3v) is 7.42. The van der Waals surface area contributed by atoms with Gasteiger partial charge in [-0.3, -0.25) is 0 Å². The zero-order valence-corrected chi connectivity index (χ0v) is 21.5. The number of benzene rings is 7. The van der Waals surface area contributed by atoms with Crippen LogP contribution < -0.4 is 4.90 Å². The molecular weight excluding hydrogens is 470 g/mol. The van der Waals surface area contributed by atoms with Gasteiger partial charge in [0.1, 0.15) is 0 Å². The lowest BCUT2D eigenvalue weighted by Crippen LogP contribution is -2.10. The lowest BCUT2D eigenvalue weighted by atomic mass is 9.95. The number of para-hydroxylation sites is 1. The molecule has 0 unspecified atom stereocenters. The summed E-state index contributed by atoms with van der Waals surface area (Å²) in [5, 5.41) is 5.00. The van der Waals surface area contributed by atoms with Gasteiger partial charge in [-0.05, 0) is 74.8 Å². The minimum Gasteiger partial charge on any atom is -0.310 e. The maximum atomic E-state index is 2.36. The van der Waals surface area contributed by atoms with Gasteiger partial charge in [-0.25, -0.2) is 0 Å². The van der Waals surface area contributed by atoms with E-state index in [-0.39, 0.29) is 0 Å². The molecule has 0 N–H and O–H groups in total. The molecule has 0 spiro atoms. The summed E-state index contributed by atoms with van der Waals surface area (Å²) in [6, 6.07) is 58.7. The molecule has 0 aliphatic rings. The molecule has 0 atom stereocenters. The first-order chi connectivity index (χ1) is 19.3. The average molecular weight is 498 g/mol. The maximum Gasteiger partial charge on any atom is 0.0540 e. The molecule has 184 valence electrons. The maximum absolute atomic E-state index is 2.36. The van der Waals surface area contributed by atoms with Crippen molar-refractivity contribution < 1.29 is 0 Å². The van der Waals surface area contributed by atoms with Crippen LogP contribution in [0, 0.1) is 0 Å². The first kappa shape index (κ1) is 23.0. The second-order valence-electron chi connectivity index (χ2n) is 9.83. The Bertz CT molecular complexity index is 1910. The summed E-state index contributed by atoms with van der Waals surface area (Å²) >= 11 is 0. The Labute approximate surface area is 229 Å². The smallest absolute Gasteiger partial charge is 0.0540 e. The molecule has 7 aromatic carbocycles. The quantitative estimate of drug-likeness (QED) is 0.229. The van der Waals surface area contributed by atoms with Crippen LogP contribution in [-0.2, 0) is 0 Å². The number of anilines is 3. The summed E-state index contributed by atoms with van der Waals surface area (Å²) in [5.74, 6) is 0. The highest BCUT2D eigenvalue weighted by molar-refractivity contribution is 6.00. The van der Waals surface area contributed by atoms with Crippen LogP contribution in [0.25, 0.3) is 43.8 Å². The molecule has 0 aromatic heterocycles. The fraction of sp³-hybridized carbons (Fsp3) is 0. The molecule has 7 rings (SSSR count). The van der Waals surface area contributed by atoms with Crippen LogP contribution in [-0.4, -0.2) is 0 Å². The molecule has 0 amide bonds. The Morgan fingerprint density at radius 1 is 0.333 bits per heavy atom. The molecule has 0 saturated heterocycles. The summed E-state index contributed by atoms with van der Waals surface area (Å²) < 4.78 is 0. The van der Waals surface area contributed by atoms with E-state index in [4.69, 9.17) is 0 Å². The van der Waals surface area contributed by atoms with Gasteiger partial charge >= 0.3 is 0 Å². The number of fused-ring (bicyclic) bond motifs is 2. The van der Waals surface area contributed by atoms with Crippen LogP contribution in [0.2, 0.25) is 0 Å². The number of hydrogen-bond acceptors (Lipinski definition) is 1. The first-order valence-electron chi connectivity index (χ1n) is 13.4. The minimum absolute atomic E-state index is 1.13. The molecule has 0 radical (unpaired) electrons. The Morgan fingerprint density at radius 3 is 1.69 bits per heavy atom. The predicted octanol–water partition coefficient (Wildman–Crippen LogP) is 10.8. The molecular formula is C38H27N. The molecule has 0 fully saturated rings. The fourth-order valence-corrected chi connectivity index (χ4v) is 5.58. The Hall–Kier alpha value is -5.14. The summed E-state index contributed by atoms with van der Waals surface area (Å²) in [6.07, 6.45) is 0. The molecule has 0 heterocycles. The van der Waals surface area contributed by atoms with E-state index in [1.165, 1.54) is 49.5 Å². The van der Waals surface area contributed by atoms with Crippen molar-refractivity contribution >= 4 is 38.6 Å². The fourth-order valence-electron chi connectivity index (χ4n) is 5.58. The third-order valence-electron chi connectivity index (χ3n) is 7.42. The molecule has 7 aromatic rings. The summed E-state index contributed by atoms with van der Waals surface area (Å²) in [4.78, 5) is 2.36. The van der Waals surface area contributed by atoms with Crippen molar-refractivity contribution in [2.45, 2.75) is 0 Å². The predicted molar refractivity (Wildman–Crippen MR) is 167 cm³/mol. The standard InChI is InChI=1S/C38H27N/c1-2-19-33(20-3-1)39(38-25-11-15-29-13-5-7-23-37(29)38)34-21-9-17-31(27-34)30-16-8-18-32(26-30)36-24-10-14-28-12-4-6-22-35(28)36/h1-27H. The van der Waals surface area contributed by atoms with E-state index in [2.05, 4.69) is 169 Å². The van der Waals surface area contributed by atoms with Gasteiger partial charge in [-0.15, -0.1) is 0 Å². The van der Waals surface area contributed by atoms with Gasteiger partial charge in [0.25, 0.3) is 0 Å². The molecule has 0 aliphatic heterocycles. The zero-order chi connectivity index (χ0) is 26.0. The average Bonchev–Trinajstić information content (AvgIpc) is 3.02. The monoisotopic (exact) mass is 497 g/mol. The van der Waals surface area contributed by atoms with Gasteiger partial charge in [0.2, 0.25) is 0 Å². The van der Waals surface area contributed by atoms with Crippen molar-refractivity contribution in [3.8, 4) is 22.3 Å². The van der Waals surface area contributed by atoms with E-state index in [0.29, 0.717) is 0 Å². The van der Waals surface area contributed by atoms with Crippen molar-refractivity contribution in [2.75, 3.05) is 4.90 Å². The third kappa shape index (κ3) is 4.35. The van der Waals surface area contributed by atoms with E-state index in [9.17, 15) is 0 Å². The van der Waals surface area contributed by atoms with Crippen molar-refractivity contribution in [1.29, 1.82) is 0 Å². The highest BCUT2D eigenvalue weighted by Crippen LogP contribution is 2.40. The van der Waals surface area contributed by atoms with Crippen molar-refractivity contribution in [2.24, 2.45) is 0 Å². The summed E-state index contributed by atoms with van der Waals surface area (Å²) in [5.41, 5.74) is 8.31. The largest absolute Gasteiger partial charge is 0.310 e. The molecule has 1 nitrogen and oxygen atoms in total. The van der Waals surface area contributed by atoms with E-state index in [1.807, 2.05) is 0 Å². The Balaban J connectivity index is 1.36. The lowest BCUT2D eigenvalue weighted by molar-refractivity contribution is 1.30. The number of nitrogens with zero attached hydrogens (tertiary/aromatic N) is 1. The summed E-state index contributed by atoms with van der Waals surface area (Å²) in [6.45, 7) is 0. The summed E-state index contributed by atoms with van der Waals surface area (Å²) in [7, 11) is 0. The van der Waals surface area contributed by atoms with Crippen LogP contribution in [0.4, 0.5) is 17.1 Å². The van der Waals surface area contributed by atoms with Crippen LogP contribution in [0.1, 0.15) is 0 Å². The zero-order valence-electron chi connectivity index (χ0n) is 21.5. The lowest BCUT2D eigenvalue weighted by Gasteiger charge is -2.27.